The van der Waals surface area contributed by atoms with Crippen LogP contribution in [0.4, 0.5) is 0 Å². The summed E-state index contributed by atoms with van der Waals surface area (Å²) in [6.45, 7) is 0. The van der Waals surface area contributed by atoms with Crippen LogP contribution in [0.25, 0.3) is 125 Å². The highest BCUT2D eigenvalue weighted by Gasteiger charge is 2.20. The molecular weight excluding hydrogens is 795 g/mol. The molecule has 4 heteroatoms. The second kappa shape index (κ2) is 13.7. The molecule has 0 spiro atoms. The van der Waals surface area contributed by atoms with Gasteiger partial charge in [-0.15, -0.1) is 11.3 Å². The van der Waals surface area contributed by atoms with Crippen molar-refractivity contribution in [3.05, 3.63) is 224 Å². The number of rotatable bonds is 5. The summed E-state index contributed by atoms with van der Waals surface area (Å²) >= 11 is 1.63. The average Bonchev–Trinajstić information content (AvgIpc) is 4.16. The third-order valence-electron chi connectivity index (χ3n) is 12.8. The highest BCUT2D eigenvalue weighted by atomic mass is 32.1. The first kappa shape index (κ1) is 27.7. The predicted octanol–water partition coefficient (Wildman–Crippen LogP) is 16.7. The Labute approximate surface area is 385 Å². The van der Waals surface area contributed by atoms with Crippen molar-refractivity contribution >= 4 is 96.9 Å². The predicted molar refractivity (Wildman–Crippen MR) is 273 cm³/mol. The molecule has 10 aromatic carbocycles. The number of thiophene rings is 1. The van der Waals surface area contributed by atoms with Crippen molar-refractivity contribution in [2.45, 2.75) is 0 Å². The van der Waals surface area contributed by atoms with Crippen molar-refractivity contribution in [2.75, 3.05) is 0 Å². The largest absolute Gasteiger partial charge is 0.309 e. The Morgan fingerprint density at radius 2 is 0.828 bits per heavy atom. The third kappa shape index (κ3) is 5.15. The first-order valence-electron chi connectivity index (χ1n) is 25.7. The summed E-state index contributed by atoms with van der Waals surface area (Å²) in [6.07, 6.45) is 0. The Morgan fingerprint density at radius 3 is 1.44 bits per heavy atom. The van der Waals surface area contributed by atoms with E-state index in [9.17, 15) is 1.37 Å². The minimum Gasteiger partial charge on any atom is -0.309 e. The second-order valence-electron chi connectivity index (χ2n) is 16.2. The molecule has 0 unspecified atom stereocenters. The zero-order valence-electron chi connectivity index (χ0n) is 42.9. The fourth-order valence-electron chi connectivity index (χ4n) is 10.1. The number of hydrogen-bond donors (Lipinski definition) is 0. The third-order valence-corrected chi connectivity index (χ3v) is 13.9. The summed E-state index contributed by atoms with van der Waals surface area (Å²) in [7, 11) is 0. The van der Waals surface area contributed by atoms with E-state index in [-0.39, 0.29) is 28.8 Å². The van der Waals surface area contributed by atoms with Gasteiger partial charge >= 0.3 is 0 Å². The van der Waals surface area contributed by atoms with Crippen LogP contribution in [-0.2, 0) is 0 Å². The molecule has 0 bridgehead atoms. The molecule has 0 saturated heterocycles. The zero-order valence-corrected chi connectivity index (χ0v) is 34.7. The SMILES string of the molecule is [2H]c1c([2H])c([2H])c(-c2c([2H])c([2H])c([2H])c(-c3ccc4sc5cccc(-n6c7ccccc7c7cc(-n8c9ccccc9c9cc(-n%10c%11ccccc%11c%11ccccc%11%10)ccc98)ccc76)c5c4c3)c2[2H])c([2H])c1[2H]. The molecule has 4 aromatic heterocycles. The van der Waals surface area contributed by atoms with E-state index in [4.69, 9.17) is 11.0 Å². The first-order valence-corrected chi connectivity index (χ1v) is 22.0. The summed E-state index contributed by atoms with van der Waals surface area (Å²) in [4.78, 5) is 0. The standard InChI is InChI=1S/C60H37N3S/c1-2-14-38(15-3-1)39-16-12-17-40(34-39)41-28-33-58-50(35-41)60-57(26-13-27-59(60)64-58)63-54-25-11-7-21-47(54)49-37-43(30-32-56(49)63)62-53-24-10-6-20-46(53)48-36-42(29-31-55(48)62)61-51-22-8-4-18-44(51)45-19-5-9-23-52(45)61/h1-37H/i1D,2D,3D,12D,14D,15D,16D,17D,34D. The van der Waals surface area contributed by atoms with Gasteiger partial charge in [0, 0.05) is 63.9 Å². The number of para-hydroxylation sites is 4. The fraction of sp³-hybridized carbons (Fsp3) is 0. The van der Waals surface area contributed by atoms with Crippen LogP contribution in [-0.4, -0.2) is 13.7 Å². The van der Waals surface area contributed by atoms with Crippen molar-refractivity contribution in [1.29, 1.82) is 0 Å². The van der Waals surface area contributed by atoms with E-state index in [1.54, 1.807) is 17.4 Å². The van der Waals surface area contributed by atoms with Crippen LogP contribution in [0.15, 0.2) is 224 Å². The lowest BCUT2D eigenvalue weighted by atomic mass is 9.98. The van der Waals surface area contributed by atoms with Gasteiger partial charge in [-0.3, -0.25) is 0 Å². The minimum atomic E-state index is -0.602. The van der Waals surface area contributed by atoms with Gasteiger partial charge in [0.05, 0.1) is 51.1 Å². The van der Waals surface area contributed by atoms with Gasteiger partial charge in [-0.05, 0) is 113 Å². The highest BCUT2D eigenvalue weighted by molar-refractivity contribution is 7.25. The molecule has 14 rings (SSSR count). The fourth-order valence-corrected chi connectivity index (χ4v) is 11.2. The number of hydrogen-bond acceptors (Lipinski definition) is 1. The lowest BCUT2D eigenvalue weighted by molar-refractivity contribution is 1.16. The van der Waals surface area contributed by atoms with Crippen molar-refractivity contribution < 1.29 is 12.3 Å². The van der Waals surface area contributed by atoms with Crippen LogP contribution in [0.5, 0.6) is 0 Å². The van der Waals surface area contributed by atoms with Gasteiger partial charge in [-0.2, -0.15) is 0 Å². The van der Waals surface area contributed by atoms with Crippen molar-refractivity contribution in [2.24, 2.45) is 0 Å². The van der Waals surface area contributed by atoms with Crippen molar-refractivity contribution in [1.82, 2.24) is 13.7 Å². The van der Waals surface area contributed by atoms with E-state index < -0.39 is 42.3 Å². The highest BCUT2D eigenvalue weighted by Crippen LogP contribution is 2.44. The van der Waals surface area contributed by atoms with E-state index in [1.807, 2.05) is 12.1 Å². The van der Waals surface area contributed by atoms with Crippen LogP contribution in [0, 0.1) is 0 Å². The van der Waals surface area contributed by atoms with Crippen LogP contribution in [0.3, 0.4) is 0 Å². The van der Waals surface area contributed by atoms with Crippen LogP contribution >= 0.6 is 11.3 Å². The van der Waals surface area contributed by atoms with E-state index in [1.165, 1.54) is 10.8 Å². The molecule has 0 atom stereocenters. The quantitative estimate of drug-likeness (QED) is 0.164. The molecule has 0 aliphatic carbocycles. The van der Waals surface area contributed by atoms with E-state index in [0.29, 0.717) is 5.56 Å². The molecule has 0 amide bonds. The van der Waals surface area contributed by atoms with Crippen LogP contribution in [0.2, 0.25) is 0 Å². The molecular formula is C60H37N3S. The molecule has 0 radical (unpaired) electrons. The monoisotopic (exact) mass is 840 g/mol. The van der Waals surface area contributed by atoms with Gasteiger partial charge in [0.25, 0.3) is 0 Å². The molecule has 0 N–H and O–H groups in total. The number of nitrogens with zero attached hydrogens (tertiary/aromatic N) is 3. The molecule has 0 fully saturated rings. The topological polar surface area (TPSA) is 14.8 Å². The summed E-state index contributed by atoms with van der Waals surface area (Å²) in [5.41, 5.74) is 9.49. The van der Waals surface area contributed by atoms with Gasteiger partial charge in [0.1, 0.15) is 0 Å². The Bertz CT molecular complexity index is 4670. The Hall–Kier alpha value is -8.18. The van der Waals surface area contributed by atoms with Crippen LogP contribution in [0.1, 0.15) is 12.3 Å². The molecule has 3 nitrogen and oxygen atoms in total. The maximum atomic E-state index is 9.44. The first-order chi connectivity index (χ1) is 35.5. The maximum absolute atomic E-state index is 9.44. The minimum absolute atomic E-state index is 0.0407. The number of aromatic nitrogens is 3. The Balaban J connectivity index is 0.953. The molecule has 14 aromatic rings. The van der Waals surface area contributed by atoms with Gasteiger partial charge < -0.3 is 13.7 Å². The molecule has 4 heterocycles. The summed E-state index contributed by atoms with van der Waals surface area (Å²) in [6, 6.07) is 54.9. The van der Waals surface area contributed by atoms with Crippen molar-refractivity contribution in [3.63, 3.8) is 0 Å². The molecule has 298 valence electrons. The summed E-state index contributed by atoms with van der Waals surface area (Å²) in [5, 5.41) is 8.75. The maximum Gasteiger partial charge on any atom is 0.0636 e. The van der Waals surface area contributed by atoms with E-state index in [0.717, 1.165) is 91.9 Å². The number of fused-ring (bicyclic) bond motifs is 12. The van der Waals surface area contributed by atoms with E-state index in [2.05, 4.69) is 165 Å². The second-order valence-corrected chi connectivity index (χ2v) is 17.3. The number of benzene rings is 10. The van der Waals surface area contributed by atoms with Crippen LogP contribution < -0.4 is 0 Å². The zero-order chi connectivity index (χ0) is 49.7. The smallest absolute Gasteiger partial charge is 0.0636 e. The van der Waals surface area contributed by atoms with E-state index >= 15 is 0 Å². The lowest BCUT2D eigenvalue weighted by Gasteiger charge is -2.12. The van der Waals surface area contributed by atoms with Gasteiger partial charge in [0.15, 0.2) is 0 Å². The van der Waals surface area contributed by atoms with Crippen molar-refractivity contribution in [3.8, 4) is 39.3 Å². The lowest BCUT2D eigenvalue weighted by Crippen LogP contribution is -1.97. The van der Waals surface area contributed by atoms with Gasteiger partial charge in [-0.25, -0.2) is 0 Å². The average molecular weight is 841 g/mol. The summed E-state index contributed by atoms with van der Waals surface area (Å²) in [5.74, 6) is 0. The Kier molecular flexibility index (Phi) is 5.91. The Morgan fingerprint density at radius 1 is 0.328 bits per heavy atom. The normalized spacial score (nSPS) is 14.0. The van der Waals surface area contributed by atoms with Gasteiger partial charge in [0.2, 0.25) is 0 Å². The van der Waals surface area contributed by atoms with Gasteiger partial charge in [-0.1, -0.05) is 133 Å². The molecule has 0 saturated carbocycles. The molecule has 0 aliphatic rings. The molecule has 64 heavy (non-hydrogen) atoms. The molecule has 0 aliphatic heterocycles. The summed E-state index contributed by atoms with van der Waals surface area (Å²) < 4.78 is 87.4.